The summed E-state index contributed by atoms with van der Waals surface area (Å²) in [7, 11) is 0. The molecule has 8 nitrogen and oxygen atoms in total. The maximum Gasteiger partial charge on any atom is 0.391 e. The minimum Gasteiger partial charge on any atom is -0.366 e. The van der Waals surface area contributed by atoms with Crippen LogP contribution in [0.1, 0.15) is 35.8 Å². The number of amides is 2. The Hall–Kier alpha value is -3.89. The fourth-order valence-corrected chi connectivity index (χ4v) is 4.58. The highest BCUT2D eigenvalue weighted by Gasteiger charge is 2.41. The molecule has 2 atom stereocenters. The van der Waals surface area contributed by atoms with Crippen LogP contribution in [-0.4, -0.2) is 51.9 Å². The minimum atomic E-state index is -4.47. The number of fused-ring (bicyclic) bond motifs is 4. The molecular formula is C25H25F3N6O2. The highest BCUT2D eigenvalue weighted by atomic mass is 19.4. The highest BCUT2D eigenvalue weighted by Crippen LogP contribution is 2.39. The molecule has 0 spiro atoms. The van der Waals surface area contributed by atoms with Crippen molar-refractivity contribution in [2.45, 2.75) is 38.5 Å². The van der Waals surface area contributed by atoms with Gasteiger partial charge in [0.1, 0.15) is 5.69 Å². The molecule has 36 heavy (non-hydrogen) atoms. The Labute approximate surface area is 205 Å². The number of anilines is 3. The summed E-state index contributed by atoms with van der Waals surface area (Å²) in [5.41, 5.74) is 1.65. The number of urea groups is 1. The van der Waals surface area contributed by atoms with Crippen molar-refractivity contribution in [2.24, 2.45) is 5.92 Å². The fourth-order valence-electron chi connectivity index (χ4n) is 4.58. The topological polar surface area (TPSA) is 83.4 Å². The zero-order valence-electron chi connectivity index (χ0n) is 19.6. The summed E-state index contributed by atoms with van der Waals surface area (Å²) in [5, 5.41) is 7.23. The molecular weight excluding hydrogens is 473 g/mol. The molecule has 1 saturated heterocycles. The van der Waals surface area contributed by atoms with Crippen LogP contribution < -0.4 is 15.1 Å². The first-order chi connectivity index (χ1) is 17.2. The monoisotopic (exact) mass is 498 g/mol. The Morgan fingerprint density at radius 2 is 1.92 bits per heavy atom. The molecule has 0 radical (unpaired) electrons. The average Bonchev–Trinajstić information content (AvgIpc) is 3.46. The van der Waals surface area contributed by atoms with E-state index in [1.54, 1.807) is 23.0 Å². The first kappa shape index (κ1) is 23.8. The molecule has 2 amide bonds. The molecule has 1 N–H and O–H groups in total. The number of halogens is 3. The van der Waals surface area contributed by atoms with Crippen molar-refractivity contribution >= 4 is 29.1 Å². The lowest BCUT2D eigenvalue weighted by molar-refractivity contribution is -0.168. The summed E-state index contributed by atoms with van der Waals surface area (Å²) < 4.78 is 40.6. The number of rotatable bonds is 6. The second kappa shape index (κ2) is 9.29. The van der Waals surface area contributed by atoms with Gasteiger partial charge < -0.3 is 4.90 Å². The van der Waals surface area contributed by atoms with E-state index in [9.17, 15) is 22.8 Å². The van der Waals surface area contributed by atoms with Crippen molar-refractivity contribution in [1.29, 1.82) is 0 Å². The van der Waals surface area contributed by atoms with E-state index in [-0.39, 0.29) is 17.6 Å². The van der Waals surface area contributed by atoms with Crippen LogP contribution >= 0.6 is 0 Å². The number of ketones is 1. The molecule has 1 fully saturated rings. The van der Waals surface area contributed by atoms with Gasteiger partial charge in [-0.05, 0) is 24.1 Å². The molecule has 0 unspecified atom stereocenters. The standard InChI is InChI=1S/C25H25F3N6O2/c1-16(25(26,27)28)13-21(35)19-7-8-20-23(29-19)34(18-9-11-32(20)15-18)24(36)30-22-10-12-33(31-22)14-17-5-3-2-4-6-17/h2-8,10,12,16,18H,9,11,13-15H2,1H3,(H,30,31,36)/t16-,18-/m0/s1. The maximum atomic E-state index is 13.3. The molecule has 2 aliphatic heterocycles. The van der Waals surface area contributed by atoms with Crippen molar-refractivity contribution < 1.29 is 22.8 Å². The van der Waals surface area contributed by atoms with E-state index in [0.717, 1.165) is 12.5 Å². The number of aromatic nitrogens is 3. The van der Waals surface area contributed by atoms with E-state index in [0.29, 0.717) is 37.6 Å². The van der Waals surface area contributed by atoms with Crippen LogP contribution in [0.25, 0.3) is 0 Å². The van der Waals surface area contributed by atoms with Gasteiger partial charge in [-0.2, -0.15) is 18.3 Å². The van der Waals surface area contributed by atoms with Crippen LogP contribution in [0.15, 0.2) is 54.7 Å². The Morgan fingerprint density at radius 1 is 1.14 bits per heavy atom. The predicted molar refractivity (Wildman–Crippen MR) is 128 cm³/mol. The van der Waals surface area contributed by atoms with Gasteiger partial charge >= 0.3 is 12.2 Å². The number of benzene rings is 1. The molecule has 3 aromatic rings. The molecule has 0 aliphatic carbocycles. The lowest BCUT2D eigenvalue weighted by atomic mass is 10.0. The van der Waals surface area contributed by atoms with E-state index < -0.39 is 30.3 Å². The van der Waals surface area contributed by atoms with Crippen molar-refractivity contribution in [3.8, 4) is 0 Å². The van der Waals surface area contributed by atoms with E-state index in [1.165, 1.54) is 11.0 Å². The number of nitrogens with one attached hydrogen (secondary N) is 1. The normalized spacial score (nSPS) is 17.6. The number of Topliss-reactive ketones (excluding diaryl/α,β-unsaturated/α-hetero) is 1. The molecule has 0 saturated carbocycles. The van der Waals surface area contributed by atoms with Crippen LogP contribution in [0.2, 0.25) is 0 Å². The number of carbonyl (C=O) groups is 2. The summed E-state index contributed by atoms with van der Waals surface area (Å²) in [6.45, 7) is 2.85. The number of hydrogen-bond acceptors (Lipinski definition) is 5. The van der Waals surface area contributed by atoms with Crippen LogP contribution in [0.5, 0.6) is 0 Å². The molecule has 5 rings (SSSR count). The molecule has 2 bridgehead atoms. The summed E-state index contributed by atoms with van der Waals surface area (Å²) >= 11 is 0. The molecule has 4 heterocycles. The average molecular weight is 499 g/mol. The van der Waals surface area contributed by atoms with Crippen molar-refractivity contribution in [3.05, 3.63) is 66.0 Å². The lowest BCUT2D eigenvalue weighted by Gasteiger charge is -2.35. The highest BCUT2D eigenvalue weighted by molar-refractivity contribution is 6.05. The van der Waals surface area contributed by atoms with Crippen LogP contribution in [0, 0.1) is 5.92 Å². The predicted octanol–water partition coefficient (Wildman–Crippen LogP) is 4.73. The Bertz CT molecular complexity index is 1280. The second-order valence-electron chi connectivity index (χ2n) is 9.18. The number of nitrogens with zero attached hydrogens (tertiary/aromatic N) is 5. The maximum absolute atomic E-state index is 13.3. The largest absolute Gasteiger partial charge is 0.391 e. The summed E-state index contributed by atoms with van der Waals surface area (Å²) in [4.78, 5) is 33.9. The van der Waals surface area contributed by atoms with Crippen molar-refractivity contribution in [3.63, 3.8) is 0 Å². The van der Waals surface area contributed by atoms with Gasteiger partial charge in [0.25, 0.3) is 0 Å². The van der Waals surface area contributed by atoms with Crippen LogP contribution in [0.3, 0.4) is 0 Å². The number of carbonyl (C=O) groups excluding carboxylic acids is 2. The number of pyridine rings is 1. The molecule has 2 aromatic heterocycles. The van der Waals surface area contributed by atoms with Gasteiger partial charge in [-0.3, -0.25) is 19.7 Å². The van der Waals surface area contributed by atoms with E-state index in [2.05, 4.69) is 20.3 Å². The number of hydrogen-bond donors (Lipinski definition) is 1. The van der Waals surface area contributed by atoms with Crippen LogP contribution in [-0.2, 0) is 6.54 Å². The smallest absolute Gasteiger partial charge is 0.366 e. The molecule has 1 aromatic carbocycles. The van der Waals surface area contributed by atoms with Gasteiger partial charge in [0, 0.05) is 31.8 Å². The third-order valence-corrected chi connectivity index (χ3v) is 6.57. The van der Waals surface area contributed by atoms with Gasteiger partial charge in [-0.1, -0.05) is 37.3 Å². The third kappa shape index (κ3) is 4.77. The Kier molecular flexibility index (Phi) is 6.15. The number of alkyl halides is 3. The first-order valence-electron chi connectivity index (χ1n) is 11.7. The second-order valence-corrected chi connectivity index (χ2v) is 9.18. The van der Waals surface area contributed by atoms with Crippen LogP contribution in [0.4, 0.5) is 35.3 Å². The van der Waals surface area contributed by atoms with Crippen molar-refractivity contribution in [1.82, 2.24) is 14.8 Å². The summed E-state index contributed by atoms with van der Waals surface area (Å²) in [6, 6.07) is 13.9. The molecule has 11 heteroatoms. The molecule has 188 valence electrons. The minimum absolute atomic E-state index is 0.0858. The van der Waals surface area contributed by atoms with Gasteiger partial charge in [0.2, 0.25) is 0 Å². The zero-order chi connectivity index (χ0) is 25.4. The van der Waals surface area contributed by atoms with Gasteiger partial charge in [-0.25, -0.2) is 9.78 Å². The summed E-state index contributed by atoms with van der Waals surface area (Å²) in [5.74, 6) is -1.86. The Balaban J connectivity index is 1.36. The van der Waals surface area contributed by atoms with Gasteiger partial charge in [0.05, 0.1) is 24.2 Å². The van der Waals surface area contributed by atoms with E-state index in [1.807, 2.05) is 30.3 Å². The summed E-state index contributed by atoms with van der Waals surface area (Å²) in [6.07, 6.45) is -2.69. The van der Waals surface area contributed by atoms with Gasteiger partial charge in [-0.15, -0.1) is 0 Å². The quantitative estimate of drug-likeness (QED) is 0.497. The Morgan fingerprint density at radius 3 is 2.67 bits per heavy atom. The SMILES string of the molecule is C[C@@H](CC(=O)c1ccc2c(n1)N(C(=O)Nc1ccn(Cc3ccccc3)n1)[C@H]1CCN2C1)C(F)(F)F. The van der Waals surface area contributed by atoms with Gasteiger partial charge in [0.15, 0.2) is 17.4 Å². The fraction of sp³-hybridized carbons (Fsp3) is 0.360. The lowest BCUT2D eigenvalue weighted by Crippen LogP contribution is -2.48. The third-order valence-electron chi connectivity index (χ3n) is 6.57. The zero-order valence-corrected chi connectivity index (χ0v) is 19.6. The first-order valence-corrected chi connectivity index (χ1v) is 11.7. The van der Waals surface area contributed by atoms with E-state index in [4.69, 9.17) is 0 Å². The van der Waals surface area contributed by atoms with E-state index >= 15 is 0 Å². The van der Waals surface area contributed by atoms with Crippen molar-refractivity contribution in [2.75, 3.05) is 28.2 Å². The molecule has 2 aliphatic rings.